The van der Waals surface area contributed by atoms with E-state index in [4.69, 9.17) is 0 Å². The van der Waals surface area contributed by atoms with Gasteiger partial charge in [-0.05, 0) is 37.3 Å². The number of carbonyl (C=O) groups is 1. The van der Waals surface area contributed by atoms with Crippen molar-refractivity contribution in [3.05, 3.63) is 58.8 Å². The van der Waals surface area contributed by atoms with Crippen LogP contribution in [0.4, 0.5) is 5.69 Å². The molecule has 3 rings (SSSR count). The van der Waals surface area contributed by atoms with E-state index in [1.54, 1.807) is 35.4 Å². The van der Waals surface area contributed by atoms with Gasteiger partial charge in [0.05, 0.1) is 10.7 Å². The Hall–Kier alpha value is -2.38. The summed E-state index contributed by atoms with van der Waals surface area (Å²) in [6.07, 6.45) is 6.88. The van der Waals surface area contributed by atoms with Crippen molar-refractivity contribution >= 4 is 40.8 Å². The molecule has 3 aromatic rings. The monoisotopic (exact) mass is 356 g/mol. The first-order valence-electron chi connectivity index (χ1n) is 7.26. The average Bonchev–Trinajstić information content (AvgIpc) is 3.16. The molecule has 1 N–H and O–H groups in total. The Morgan fingerprint density at radius 2 is 2.12 bits per heavy atom. The van der Waals surface area contributed by atoms with Gasteiger partial charge >= 0.3 is 0 Å². The molecule has 0 saturated heterocycles. The number of hydrogen-bond acceptors (Lipinski definition) is 5. The van der Waals surface area contributed by atoms with Gasteiger partial charge in [0.15, 0.2) is 5.16 Å². The maximum absolute atomic E-state index is 11.9. The van der Waals surface area contributed by atoms with E-state index in [1.807, 2.05) is 54.4 Å². The molecule has 0 fully saturated rings. The number of carbonyl (C=O) groups excluding carboxylic acids is 1. The summed E-state index contributed by atoms with van der Waals surface area (Å²) in [4.78, 5) is 21.6. The number of anilines is 1. The van der Waals surface area contributed by atoms with Gasteiger partial charge in [-0.3, -0.25) is 4.79 Å². The summed E-state index contributed by atoms with van der Waals surface area (Å²) < 4.78 is 1.96. The number of hydrogen-bond donors (Lipinski definition) is 1. The van der Waals surface area contributed by atoms with Crippen molar-refractivity contribution in [2.24, 2.45) is 7.05 Å². The molecule has 0 aliphatic carbocycles. The molecule has 0 bridgehead atoms. The Kier molecular flexibility index (Phi) is 5.12. The average molecular weight is 356 g/mol. The molecule has 0 atom stereocenters. The molecule has 24 heavy (non-hydrogen) atoms. The number of aromatic nitrogens is 3. The molecule has 0 aliphatic heterocycles. The first-order valence-corrected chi connectivity index (χ1v) is 8.96. The van der Waals surface area contributed by atoms with Crippen LogP contribution in [-0.4, -0.2) is 20.4 Å². The van der Waals surface area contributed by atoms with Crippen LogP contribution in [0.15, 0.2) is 58.2 Å². The van der Waals surface area contributed by atoms with E-state index < -0.39 is 0 Å². The number of aryl methyl sites for hydroxylation is 2. The molecular weight excluding hydrogens is 340 g/mol. The van der Waals surface area contributed by atoms with Gasteiger partial charge in [-0.1, -0.05) is 11.8 Å². The van der Waals surface area contributed by atoms with Gasteiger partial charge in [-0.25, -0.2) is 9.97 Å². The zero-order valence-electron chi connectivity index (χ0n) is 13.3. The van der Waals surface area contributed by atoms with Crippen molar-refractivity contribution < 1.29 is 4.79 Å². The number of nitrogens with zero attached hydrogens (tertiary/aromatic N) is 3. The van der Waals surface area contributed by atoms with Gasteiger partial charge < -0.3 is 9.88 Å². The van der Waals surface area contributed by atoms with Crippen LogP contribution in [0.3, 0.4) is 0 Å². The second kappa shape index (κ2) is 7.46. The van der Waals surface area contributed by atoms with Crippen molar-refractivity contribution in [2.75, 3.05) is 5.32 Å². The molecule has 1 aromatic carbocycles. The highest BCUT2D eigenvalue weighted by Crippen LogP contribution is 2.26. The van der Waals surface area contributed by atoms with E-state index in [1.165, 1.54) is 6.08 Å². The van der Waals surface area contributed by atoms with Crippen LogP contribution in [0.5, 0.6) is 0 Å². The topological polar surface area (TPSA) is 59.8 Å². The van der Waals surface area contributed by atoms with Crippen LogP contribution in [0.1, 0.15) is 10.7 Å². The Balaban J connectivity index is 1.58. The Bertz CT molecular complexity index is 865. The normalized spacial score (nSPS) is 11.1. The van der Waals surface area contributed by atoms with E-state index in [-0.39, 0.29) is 5.91 Å². The predicted octanol–water partition coefficient (Wildman–Crippen LogP) is 3.99. The highest BCUT2D eigenvalue weighted by molar-refractivity contribution is 7.99. The molecule has 2 aromatic heterocycles. The highest BCUT2D eigenvalue weighted by Gasteiger charge is 2.03. The largest absolute Gasteiger partial charge is 0.329 e. The maximum atomic E-state index is 11.9. The third kappa shape index (κ3) is 4.33. The first-order chi connectivity index (χ1) is 11.6. The molecule has 0 saturated carbocycles. The van der Waals surface area contributed by atoms with E-state index in [2.05, 4.69) is 15.3 Å². The number of benzene rings is 1. The summed E-state index contributed by atoms with van der Waals surface area (Å²) in [5, 5.41) is 6.66. The quantitative estimate of drug-likeness (QED) is 0.702. The molecule has 5 nitrogen and oxygen atoms in total. The van der Waals surface area contributed by atoms with E-state index in [0.29, 0.717) is 0 Å². The van der Waals surface area contributed by atoms with Crippen molar-refractivity contribution in [2.45, 2.75) is 17.0 Å². The van der Waals surface area contributed by atoms with E-state index >= 15 is 0 Å². The van der Waals surface area contributed by atoms with Gasteiger partial charge in [0.1, 0.15) is 0 Å². The molecule has 0 aliphatic rings. The minimum Gasteiger partial charge on any atom is -0.329 e. The van der Waals surface area contributed by atoms with Gasteiger partial charge in [-0.2, -0.15) is 0 Å². The molecule has 1 amide bonds. The number of nitrogens with one attached hydrogen (secondary N) is 1. The van der Waals surface area contributed by atoms with Crippen LogP contribution in [0.25, 0.3) is 6.08 Å². The van der Waals surface area contributed by atoms with Crippen molar-refractivity contribution in [3.63, 3.8) is 0 Å². The second-order valence-corrected chi connectivity index (χ2v) is 7.16. The van der Waals surface area contributed by atoms with Gasteiger partial charge in [-0.15, -0.1) is 11.3 Å². The standard InChI is InChI=1S/C17H16N4OS2/c1-12-19-14(11-23-12)5-8-16(22)20-13-3-6-15(7-4-13)24-17-18-9-10-21(17)2/h3-11H,1-2H3,(H,20,22)/b8-5+. The fourth-order valence-corrected chi connectivity index (χ4v) is 3.35. The van der Waals surface area contributed by atoms with Gasteiger partial charge in [0, 0.05) is 41.5 Å². The molecule has 122 valence electrons. The summed E-state index contributed by atoms with van der Waals surface area (Å²) in [7, 11) is 1.96. The summed E-state index contributed by atoms with van der Waals surface area (Å²) in [5.74, 6) is -0.176. The fourth-order valence-electron chi connectivity index (χ4n) is 1.96. The zero-order valence-corrected chi connectivity index (χ0v) is 14.9. The van der Waals surface area contributed by atoms with Crippen molar-refractivity contribution in [1.82, 2.24) is 14.5 Å². The Labute approximate surface area is 148 Å². The van der Waals surface area contributed by atoms with Gasteiger partial charge in [0.25, 0.3) is 0 Å². The minimum absolute atomic E-state index is 0.176. The van der Waals surface area contributed by atoms with Gasteiger partial charge in [0.2, 0.25) is 5.91 Å². The number of amides is 1. The molecule has 0 radical (unpaired) electrons. The maximum Gasteiger partial charge on any atom is 0.248 e. The lowest BCUT2D eigenvalue weighted by Gasteiger charge is -2.04. The molecule has 2 heterocycles. The summed E-state index contributed by atoms with van der Waals surface area (Å²) in [5.41, 5.74) is 1.55. The lowest BCUT2D eigenvalue weighted by molar-refractivity contribution is -0.111. The number of rotatable bonds is 5. The van der Waals surface area contributed by atoms with Crippen molar-refractivity contribution in [1.29, 1.82) is 0 Å². The molecular formula is C17H16N4OS2. The van der Waals surface area contributed by atoms with Crippen LogP contribution in [-0.2, 0) is 11.8 Å². The van der Waals surface area contributed by atoms with E-state index in [9.17, 15) is 4.79 Å². The highest BCUT2D eigenvalue weighted by atomic mass is 32.2. The SMILES string of the molecule is Cc1nc(/C=C/C(=O)Nc2ccc(Sc3nccn3C)cc2)cs1. The van der Waals surface area contributed by atoms with Crippen LogP contribution in [0.2, 0.25) is 0 Å². The molecule has 7 heteroatoms. The smallest absolute Gasteiger partial charge is 0.248 e. The fraction of sp³-hybridized carbons (Fsp3) is 0.118. The first kappa shape index (κ1) is 16.5. The molecule has 0 unspecified atom stereocenters. The lowest BCUT2D eigenvalue weighted by Crippen LogP contribution is -2.07. The molecule has 0 spiro atoms. The van der Waals surface area contributed by atoms with Crippen LogP contribution < -0.4 is 5.32 Å². The summed E-state index contributed by atoms with van der Waals surface area (Å²) >= 11 is 3.14. The third-order valence-corrected chi connectivity index (χ3v) is 5.03. The number of thiazole rings is 1. The third-order valence-electron chi connectivity index (χ3n) is 3.15. The zero-order chi connectivity index (χ0) is 16.9. The lowest BCUT2D eigenvalue weighted by atomic mass is 10.3. The second-order valence-electron chi connectivity index (χ2n) is 5.06. The van der Waals surface area contributed by atoms with E-state index in [0.717, 1.165) is 26.4 Å². The summed E-state index contributed by atoms with van der Waals surface area (Å²) in [6.45, 7) is 1.94. The van der Waals surface area contributed by atoms with Crippen LogP contribution in [0, 0.1) is 6.92 Å². The Morgan fingerprint density at radius 3 is 2.75 bits per heavy atom. The predicted molar refractivity (Wildman–Crippen MR) is 98.3 cm³/mol. The minimum atomic E-state index is -0.176. The number of imidazole rings is 1. The van der Waals surface area contributed by atoms with Crippen LogP contribution >= 0.6 is 23.1 Å². The summed E-state index contributed by atoms with van der Waals surface area (Å²) in [6, 6.07) is 7.68. The van der Waals surface area contributed by atoms with Crippen molar-refractivity contribution in [3.8, 4) is 0 Å². The Morgan fingerprint density at radius 1 is 1.33 bits per heavy atom.